The highest BCUT2D eigenvalue weighted by Crippen LogP contribution is 2.31. The summed E-state index contributed by atoms with van der Waals surface area (Å²) < 4.78 is 34.2. The summed E-state index contributed by atoms with van der Waals surface area (Å²) in [4.78, 5) is -0.399. The van der Waals surface area contributed by atoms with Crippen molar-refractivity contribution in [1.82, 2.24) is 9.78 Å². The van der Waals surface area contributed by atoms with Gasteiger partial charge in [-0.1, -0.05) is 43.6 Å². The Morgan fingerprint density at radius 1 is 1.11 bits per heavy atom. The number of aryl methyl sites for hydroxylation is 1. The molecule has 0 saturated carbocycles. The minimum Gasteiger partial charge on any atom is -0.493 e. The average Bonchev–Trinajstić information content (AvgIpc) is 3.32. The third-order valence-corrected chi connectivity index (χ3v) is 7.91. The molecule has 8 heteroatoms. The summed E-state index contributed by atoms with van der Waals surface area (Å²) in [5.74, 6) is 1.33. The first kappa shape index (κ1) is 27.2. The highest BCUT2D eigenvalue weighted by atomic mass is 35.5. The first-order chi connectivity index (χ1) is 18.2. The maximum atomic E-state index is 13.3. The number of benzene rings is 3. The van der Waals surface area contributed by atoms with E-state index < -0.39 is 9.84 Å². The van der Waals surface area contributed by atoms with Crippen molar-refractivity contribution >= 4 is 27.5 Å². The number of sulfone groups is 1. The number of nitriles is 1. The molecule has 194 valence electrons. The summed E-state index contributed by atoms with van der Waals surface area (Å²) >= 11 is 5.93. The van der Waals surface area contributed by atoms with Gasteiger partial charge in [0.05, 0.1) is 17.2 Å². The molecule has 3 aromatic carbocycles. The number of para-hydroxylation sites is 1. The number of aromatic nitrogens is 2. The van der Waals surface area contributed by atoms with Gasteiger partial charge in [0.15, 0.2) is 0 Å². The molecule has 1 heterocycles. The fourth-order valence-corrected chi connectivity index (χ4v) is 5.12. The third kappa shape index (κ3) is 6.16. The Bertz CT molecular complexity index is 1600. The van der Waals surface area contributed by atoms with Crippen LogP contribution in [0.2, 0.25) is 5.02 Å². The minimum atomic E-state index is -4.07. The number of rotatable bonds is 9. The van der Waals surface area contributed by atoms with Crippen LogP contribution in [0.4, 0.5) is 0 Å². The molecule has 0 unspecified atom stereocenters. The van der Waals surface area contributed by atoms with Crippen LogP contribution in [0.3, 0.4) is 0 Å². The largest absolute Gasteiger partial charge is 0.493 e. The van der Waals surface area contributed by atoms with Crippen molar-refractivity contribution in [3.05, 3.63) is 100 Å². The Morgan fingerprint density at radius 3 is 2.45 bits per heavy atom. The van der Waals surface area contributed by atoms with Gasteiger partial charge in [-0.05, 0) is 85.5 Å². The van der Waals surface area contributed by atoms with Gasteiger partial charge in [0.2, 0.25) is 9.84 Å². The molecule has 0 aliphatic carbocycles. The summed E-state index contributed by atoms with van der Waals surface area (Å²) in [6.45, 7) is 6.90. The fourth-order valence-electron chi connectivity index (χ4n) is 3.85. The van der Waals surface area contributed by atoms with Crippen LogP contribution in [0.15, 0.2) is 88.8 Å². The van der Waals surface area contributed by atoms with Crippen LogP contribution in [0, 0.1) is 24.2 Å². The van der Waals surface area contributed by atoms with E-state index >= 15 is 0 Å². The maximum absolute atomic E-state index is 13.3. The topological polar surface area (TPSA) is 85.0 Å². The normalized spacial score (nSPS) is 11.9. The lowest BCUT2D eigenvalue weighted by Crippen LogP contribution is -2.03. The van der Waals surface area contributed by atoms with Crippen LogP contribution in [0.25, 0.3) is 23.0 Å². The van der Waals surface area contributed by atoms with Crippen molar-refractivity contribution in [2.24, 2.45) is 5.92 Å². The van der Waals surface area contributed by atoms with Crippen LogP contribution in [0.5, 0.6) is 5.75 Å². The summed E-state index contributed by atoms with van der Waals surface area (Å²) in [6, 6.07) is 22.9. The van der Waals surface area contributed by atoms with Crippen molar-refractivity contribution < 1.29 is 13.2 Å². The van der Waals surface area contributed by atoms with Gasteiger partial charge in [-0.2, -0.15) is 10.4 Å². The lowest BCUT2D eigenvalue weighted by atomic mass is 10.0. The molecule has 0 amide bonds. The van der Waals surface area contributed by atoms with Crippen LogP contribution in [0.1, 0.15) is 31.4 Å². The van der Waals surface area contributed by atoms with Gasteiger partial charge < -0.3 is 4.74 Å². The highest BCUT2D eigenvalue weighted by molar-refractivity contribution is 7.95. The molecule has 1 aromatic heterocycles. The van der Waals surface area contributed by atoms with Crippen molar-refractivity contribution in [2.45, 2.75) is 32.1 Å². The molecule has 0 bridgehead atoms. The molecule has 0 saturated heterocycles. The molecule has 0 fully saturated rings. The molecule has 0 N–H and O–H groups in total. The van der Waals surface area contributed by atoms with Gasteiger partial charge in [-0.3, -0.25) is 0 Å². The van der Waals surface area contributed by atoms with Gasteiger partial charge in [0.1, 0.15) is 22.4 Å². The number of halogens is 1. The molecule has 0 aliphatic rings. The van der Waals surface area contributed by atoms with Crippen LogP contribution in [-0.4, -0.2) is 24.8 Å². The van der Waals surface area contributed by atoms with Gasteiger partial charge in [-0.25, -0.2) is 13.1 Å². The number of ether oxygens (including phenoxy) is 1. The maximum Gasteiger partial charge on any atom is 0.216 e. The zero-order valence-electron chi connectivity index (χ0n) is 21.4. The van der Waals surface area contributed by atoms with E-state index in [1.807, 2.05) is 61.5 Å². The SMILES string of the molecule is Cc1cc(-c2nn(-c3ccccc3)cc2C=C(C#N)S(=O)(=O)c2ccc(Cl)cc2)ccc1OCCC(C)C. The first-order valence-electron chi connectivity index (χ1n) is 12.2. The van der Waals surface area contributed by atoms with Gasteiger partial charge in [0.25, 0.3) is 0 Å². The average molecular weight is 546 g/mol. The molecule has 0 spiro atoms. The molecule has 6 nitrogen and oxygen atoms in total. The van der Waals surface area contributed by atoms with Crippen molar-refractivity contribution in [3.63, 3.8) is 0 Å². The second-order valence-corrected chi connectivity index (χ2v) is 11.7. The van der Waals surface area contributed by atoms with Crippen molar-refractivity contribution in [2.75, 3.05) is 6.61 Å². The number of hydrogen-bond donors (Lipinski definition) is 0. The number of hydrogen-bond acceptors (Lipinski definition) is 5. The molecular formula is C30H28ClN3O3S. The Morgan fingerprint density at radius 2 is 1.82 bits per heavy atom. The highest BCUT2D eigenvalue weighted by Gasteiger charge is 2.23. The van der Waals surface area contributed by atoms with Crippen LogP contribution >= 0.6 is 11.6 Å². The Labute approximate surface area is 228 Å². The molecule has 38 heavy (non-hydrogen) atoms. The summed E-state index contributed by atoms with van der Waals surface area (Å²) in [6.07, 6.45) is 4.05. The molecule has 0 atom stereocenters. The summed E-state index contributed by atoms with van der Waals surface area (Å²) in [5, 5.41) is 15.0. The second-order valence-electron chi connectivity index (χ2n) is 9.30. The zero-order valence-corrected chi connectivity index (χ0v) is 23.0. The van der Waals surface area contributed by atoms with Crippen molar-refractivity contribution in [3.8, 4) is 28.8 Å². The molecule has 4 rings (SSSR count). The van der Waals surface area contributed by atoms with E-state index in [9.17, 15) is 13.7 Å². The van der Waals surface area contributed by atoms with E-state index in [0.717, 1.165) is 29.0 Å². The molecule has 0 radical (unpaired) electrons. The van der Waals surface area contributed by atoms with Crippen LogP contribution in [-0.2, 0) is 9.84 Å². The van der Waals surface area contributed by atoms with E-state index in [4.69, 9.17) is 21.4 Å². The fraction of sp³-hybridized carbons (Fsp3) is 0.200. The van der Waals surface area contributed by atoms with Crippen molar-refractivity contribution in [1.29, 1.82) is 5.26 Å². The monoisotopic (exact) mass is 545 g/mol. The standard InChI is InChI=1S/C30H28ClN3O3S/c1-21(2)15-16-37-29-14-9-23(17-22(29)3)30-24(20-34(33-30)26-7-5-4-6-8-26)18-28(19-32)38(35,36)27-12-10-25(31)11-13-27/h4-14,17-18,20-21H,15-16H2,1-3H3. The van der Waals surface area contributed by atoms with E-state index in [1.165, 1.54) is 30.3 Å². The Hall–Kier alpha value is -3.86. The summed E-state index contributed by atoms with van der Waals surface area (Å²) in [5.41, 5.74) is 3.56. The number of allylic oxidation sites excluding steroid dienone is 1. The van der Waals surface area contributed by atoms with Gasteiger partial charge >= 0.3 is 0 Å². The minimum absolute atomic E-state index is 0.00885. The zero-order chi connectivity index (χ0) is 27.3. The lowest BCUT2D eigenvalue weighted by molar-refractivity contribution is 0.288. The predicted octanol–water partition coefficient (Wildman–Crippen LogP) is 7.26. The smallest absolute Gasteiger partial charge is 0.216 e. The number of nitrogens with zero attached hydrogens (tertiary/aromatic N) is 3. The van der Waals surface area contributed by atoms with E-state index in [-0.39, 0.29) is 9.80 Å². The first-order valence-corrected chi connectivity index (χ1v) is 14.1. The van der Waals surface area contributed by atoms with E-state index in [1.54, 1.807) is 10.9 Å². The van der Waals surface area contributed by atoms with E-state index in [2.05, 4.69) is 13.8 Å². The molecule has 0 aliphatic heterocycles. The van der Waals surface area contributed by atoms with E-state index in [0.29, 0.717) is 28.8 Å². The summed E-state index contributed by atoms with van der Waals surface area (Å²) in [7, 11) is -4.07. The van der Waals surface area contributed by atoms with Crippen LogP contribution < -0.4 is 4.74 Å². The lowest BCUT2D eigenvalue weighted by Gasteiger charge is -2.11. The Kier molecular flexibility index (Phi) is 8.35. The van der Waals surface area contributed by atoms with Gasteiger partial charge in [-0.15, -0.1) is 0 Å². The third-order valence-electron chi connectivity index (χ3n) is 5.97. The van der Waals surface area contributed by atoms with Gasteiger partial charge in [0, 0.05) is 22.3 Å². The predicted molar refractivity (Wildman–Crippen MR) is 151 cm³/mol. The second kappa shape index (κ2) is 11.7. The Balaban J connectivity index is 1.79. The quantitative estimate of drug-likeness (QED) is 0.206. The molecular weight excluding hydrogens is 518 g/mol. The molecule has 4 aromatic rings.